The summed E-state index contributed by atoms with van der Waals surface area (Å²) in [4.78, 5) is 0. The molecule has 0 fully saturated rings. The zero-order valence-electron chi connectivity index (χ0n) is 23.8. The Hall–Kier alpha value is -1.41. The predicted octanol–water partition coefficient (Wildman–Crippen LogP) is 0.162. The Balaban J connectivity index is 0.00000342. The molecule has 1 atom stereocenters. The van der Waals surface area contributed by atoms with Crippen molar-refractivity contribution in [3.63, 3.8) is 0 Å². The van der Waals surface area contributed by atoms with Crippen molar-refractivity contribution in [1.29, 1.82) is 0 Å². The molecule has 38 heavy (non-hydrogen) atoms. The summed E-state index contributed by atoms with van der Waals surface area (Å²) in [6.45, 7) is 18.0. The van der Waals surface area contributed by atoms with Crippen LogP contribution in [0.3, 0.4) is 0 Å². The minimum atomic E-state index is -0.382. The largest absolute Gasteiger partial charge is 4.00 e. The van der Waals surface area contributed by atoms with Gasteiger partial charge in [0.25, 0.3) is 0 Å². The molecule has 0 aromatic heterocycles. The molecule has 4 aromatic carbocycles. The van der Waals surface area contributed by atoms with E-state index in [0.717, 1.165) is 6.42 Å². The van der Waals surface area contributed by atoms with Crippen LogP contribution in [0.25, 0.3) is 0 Å². The van der Waals surface area contributed by atoms with Crippen molar-refractivity contribution < 1.29 is 58.9 Å². The molecule has 0 radical (unpaired) electrons. The van der Waals surface area contributed by atoms with Gasteiger partial charge in [-0.15, -0.1) is 5.56 Å². The SMILES string of the molecule is CCC(C)c1ccc[c-]1C(c1cc(C)cc(C)c1)(c1cc(C)cc(C)c1)c1cc(C)cc(C)c1.[Cl-].[Cl-].[Cl-].[Ti+4]. The molecule has 0 nitrogen and oxygen atoms in total. The van der Waals surface area contributed by atoms with Crippen LogP contribution >= 0.6 is 0 Å². The van der Waals surface area contributed by atoms with Crippen LogP contribution in [0.1, 0.15) is 87.4 Å². The molecule has 0 bridgehead atoms. The van der Waals surface area contributed by atoms with E-state index in [2.05, 4.69) is 128 Å². The van der Waals surface area contributed by atoms with Crippen LogP contribution in [-0.2, 0) is 27.1 Å². The van der Waals surface area contributed by atoms with Crippen molar-refractivity contribution in [2.24, 2.45) is 0 Å². The summed E-state index contributed by atoms with van der Waals surface area (Å²) in [5, 5.41) is 0. The van der Waals surface area contributed by atoms with Gasteiger partial charge >= 0.3 is 21.7 Å². The van der Waals surface area contributed by atoms with Crippen LogP contribution < -0.4 is 37.2 Å². The van der Waals surface area contributed by atoms with Crippen LogP contribution in [0.4, 0.5) is 0 Å². The van der Waals surface area contributed by atoms with Crippen LogP contribution in [-0.4, -0.2) is 0 Å². The molecule has 0 N–H and O–H groups in total. The zero-order valence-corrected chi connectivity index (χ0v) is 27.7. The van der Waals surface area contributed by atoms with E-state index in [1.54, 1.807) is 0 Å². The summed E-state index contributed by atoms with van der Waals surface area (Å²) in [5.41, 5.74) is 14.4. The molecular formula is C34H39Cl3Ti. The minimum Gasteiger partial charge on any atom is -1.00 e. The number of rotatable bonds is 6. The molecule has 0 aliphatic carbocycles. The average Bonchev–Trinajstić information content (AvgIpc) is 3.22. The summed E-state index contributed by atoms with van der Waals surface area (Å²) in [6, 6.07) is 28.3. The maximum Gasteiger partial charge on any atom is 4.00 e. The van der Waals surface area contributed by atoms with Gasteiger partial charge in [-0.05, 0) is 64.2 Å². The molecule has 0 amide bonds. The summed E-state index contributed by atoms with van der Waals surface area (Å²) in [7, 11) is 0. The quantitative estimate of drug-likeness (QED) is 0.168. The molecular weight excluding hydrogens is 563 g/mol. The first kappa shape index (κ1) is 36.6. The smallest absolute Gasteiger partial charge is 1.00 e. The number of aryl methyl sites for hydroxylation is 6. The van der Waals surface area contributed by atoms with Crippen molar-refractivity contribution in [2.45, 2.75) is 73.1 Å². The molecule has 4 rings (SSSR count). The molecule has 0 heterocycles. The van der Waals surface area contributed by atoms with Crippen molar-refractivity contribution in [1.82, 2.24) is 0 Å². The summed E-state index contributed by atoms with van der Waals surface area (Å²) >= 11 is 0. The first-order valence-electron chi connectivity index (χ1n) is 12.7. The molecule has 1 unspecified atom stereocenters. The second-order valence-corrected chi connectivity index (χ2v) is 10.6. The van der Waals surface area contributed by atoms with Gasteiger partial charge in [0.05, 0.1) is 0 Å². The van der Waals surface area contributed by atoms with Gasteiger partial charge < -0.3 is 37.2 Å². The van der Waals surface area contributed by atoms with Crippen LogP contribution in [0.2, 0.25) is 0 Å². The average molecular weight is 602 g/mol. The van der Waals surface area contributed by atoms with Gasteiger partial charge in [-0.2, -0.15) is 11.6 Å². The Labute approximate surface area is 264 Å². The Morgan fingerprint density at radius 2 is 0.921 bits per heavy atom. The van der Waals surface area contributed by atoms with E-state index in [4.69, 9.17) is 0 Å². The number of hydrogen-bond donors (Lipinski definition) is 0. The Morgan fingerprint density at radius 3 is 1.21 bits per heavy atom. The fourth-order valence-electron chi connectivity index (χ4n) is 5.97. The normalized spacial score (nSPS) is 11.4. The van der Waals surface area contributed by atoms with Gasteiger partial charge in [-0.1, -0.05) is 108 Å². The van der Waals surface area contributed by atoms with E-state index in [9.17, 15) is 0 Å². The fraction of sp³-hybridized carbons (Fsp3) is 0.324. The Kier molecular flexibility index (Phi) is 14.3. The van der Waals surface area contributed by atoms with Crippen molar-refractivity contribution in [3.8, 4) is 0 Å². The maximum atomic E-state index is 2.41. The molecule has 0 aliphatic heterocycles. The van der Waals surface area contributed by atoms with E-state index in [0.29, 0.717) is 5.92 Å². The molecule has 0 spiro atoms. The van der Waals surface area contributed by atoms with Crippen molar-refractivity contribution in [2.75, 3.05) is 0 Å². The molecule has 0 saturated heterocycles. The second-order valence-electron chi connectivity index (χ2n) is 10.6. The summed E-state index contributed by atoms with van der Waals surface area (Å²) in [5.74, 6) is 0.493. The van der Waals surface area contributed by atoms with Gasteiger partial charge in [-0.3, -0.25) is 0 Å². The fourth-order valence-corrected chi connectivity index (χ4v) is 5.97. The van der Waals surface area contributed by atoms with Gasteiger partial charge in [0.2, 0.25) is 0 Å². The van der Waals surface area contributed by atoms with Crippen molar-refractivity contribution in [3.05, 3.63) is 134 Å². The third-order valence-corrected chi connectivity index (χ3v) is 7.36. The van der Waals surface area contributed by atoms with E-state index in [-0.39, 0.29) is 64.4 Å². The molecule has 4 heteroatoms. The first-order chi connectivity index (χ1) is 16.1. The van der Waals surface area contributed by atoms with E-state index in [1.165, 1.54) is 61.2 Å². The van der Waals surface area contributed by atoms with Crippen LogP contribution in [0.5, 0.6) is 0 Å². The number of halogens is 3. The monoisotopic (exact) mass is 600 g/mol. The predicted molar refractivity (Wildman–Crippen MR) is 147 cm³/mol. The Morgan fingerprint density at radius 1 is 0.605 bits per heavy atom. The summed E-state index contributed by atoms with van der Waals surface area (Å²) < 4.78 is 0. The van der Waals surface area contributed by atoms with E-state index >= 15 is 0 Å². The van der Waals surface area contributed by atoms with Gasteiger partial charge in [-0.25, -0.2) is 12.1 Å². The van der Waals surface area contributed by atoms with Gasteiger partial charge in [0, 0.05) is 5.41 Å². The van der Waals surface area contributed by atoms with Gasteiger partial charge in [0.15, 0.2) is 0 Å². The second kappa shape index (κ2) is 14.8. The van der Waals surface area contributed by atoms with Crippen molar-refractivity contribution >= 4 is 0 Å². The van der Waals surface area contributed by atoms with Crippen LogP contribution in [0.15, 0.2) is 72.8 Å². The topological polar surface area (TPSA) is 0 Å². The van der Waals surface area contributed by atoms with Crippen LogP contribution in [0, 0.1) is 41.5 Å². The molecule has 200 valence electrons. The summed E-state index contributed by atoms with van der Waals surface area (Å²) in [6.07, 6.45) is 1.12. The third-order valence-electron chi connectivity index (χ3n) is 7.36. The third kappa shape index (κ3) is 7.02. The minimum absolute atomic E-state index is 0. The molecule has 0 aliphatic rings. The van der Waals surface area contributed by atoms with E-state index < -0.39 is 0 Å². The Bertz CT molecular complexity index is 1150. The standard InChI is InChI=1S/C34H39.3ClH.Ti/c1-9-28(8)32-11-10-12-33(32)34(29-16-22(2)13-23(3)17-29,30-18-24(4)14-25(5)19-30)31-20-26(6)15-27(7)21-31;;;;/h10-21,28H,9H2,1-8H3;3*1H;/q-1;;;;+4/p-3. The molecule has 0 saturated carbocycles. The molecule has 4 aromatic rings. The van der Waals surface area contributed by atoms with Gasteiger partial charge in [0.1, 0.15) is 0 Å². The zero-order chi connectivity index (χ0) is 24.6. The van der Waals surface area contributed by atoms with E-state index in [1.807, 2.05) is 0 Å². The number of hydrogen-bond acceptors (Lipinski definition) is 0. The first-order valence-corrected chi connectivity index (χ1v) is 12.7. The number of benzene rings is 3. The maximum absolute atomic E-state index is 2.41.